The number of aliphatic hydroxyl groups is 1. The second-order valence-corrected chi connectivity index (χ2v) is 3.43. The predicted octanol–water partition coefficient (Wildman–Crippen LogP) is 0.520. The van der Waals surface area contributed by atoms with Crippen LogP contribution in [0.25, 0.3) is 0 Å². The Morgan fingerprint density at radius 3 is 2.42 bits per heavy atom. The lowest BCUT2D eigenvalue weighted by molar-refractivity contribution is -0.151. The first-order valence-electron chi connectivity index (χ1n) is 3.96. The standard InChI is InChI=1S/C9H14O3/c1-5-7-8(6(2)10)12-9(3,4)11-7/h1,6-8,10H,2-4H3/t6-,7+,8-/m1/s1. The molecular weight excluding hydrogens is 156 g/mol. The van der Waals surface area contributed by atoms with Crippen molar-refractivity contribution in [2.45, 2.75) is 44.9 Å². The Kier molecular flexibility index (Phi) is 2.43. The summed E-state index contributed by atoms with van der Waals surface area (Å²) in [4.78, 5) is 0. The van der Waals surface area contributed by atoms with Crippen LogP contribution in [-0.2, 0) is 9.47 Å². The maximum absolute atomic E-state index is 9.29. The van der Waals surface area contributed by atoms with Gasteiger partial charge in [0.25, 0.3) is 0 Å². The molecule has 0 radical (unpaired) electrons. The van der Waals surface area contributed by atoms with Gasteiger partial charge in [0.15, 0.2) is 5.79 Å². The molecule has 3 nitrogen and oxygen atoms in total. The van der Waals surface area contributed by atoms with Crippen molar-refractivity contribution >= 4 is 0 Å². The molecule has 0 aromatic heterocycles. The Bertz CT molecular complexity index is 202. The molecule has 0 bridgehead atoms. The van der Waals surface area contributed by atoms with Gasteiger partial charge in [0.1, 0.15) is 12.2 Å². The van der Waals surface area contributed by atoms with Crippen LogP contribution in [0, 0.1) is 12.3 Å². The fourth-order valence-corrected chi connectivity index (χ4v) is 1.27. The average Bonchev–Trinajstić information content (AvgIpc) is 2.25. The molecule has 1 N–H and O–H groups in total. The summed E-state index contributed by atoms with van der Waals surface area (Å²) in [5.74, 6) is 1.76. The van der Waals surface area contributed by atoms with Gasteiger partial charge in [0, 0.05) is 0 Å². The fourth-order valence-electron chi connectivity index (χ4n) is 1.27. The highest BCUT2D eigenvalue weighted by molar-refractivity contribution is 5.04. The Morgan fingerprint density at radius 2 is 2.08 bits per heavy atom. The van der Waals surface area contributed by atoms with Gasteiger partial charge >= 0.3 is 0 Å². The Balaban J connectivity index is 2.71. The van der Waals surface area contributed by atoms with E-state index >= 15 is 0 Å². The Labute approximate surface area is 72.7 Å². The summed E-state index contributed by atoms with van der Waals surface area (Å²) in [6.07, 6.45) is 3.76. The van der Waals surface area contributed by atoms with Crippen LogP contribution in [0.2, 0.25) is 0 Å². The third-order valence-corrected chi connectivity index (χ3v) is 1.77. The largest absolute Gasteiger partial charge is 0.391 e. The van der Waals surface area contributed by atoms with Gasteiger partial charge in [-0.1, -0.05) is 5.92 Å². The van der Waals surface area contributed by atoms with Gasteiger partial charge in [-0.05, 0) is 20.8 Å². The van der Waals surface area contributed by atoms with Crippen LogP contribution < -0.4 is 0 Å². The van der Waals surface area contributed by atoms with E-state index in [4.69, 9.17) is 15.9 Å². The predicted molar refractivity (Wildman–Crippen MR) is 44.3 cm³/mol. The van der Waals surface area contributed by atoms with Crippen molar-refractivity contribution in [1.82, 2.24) is 0 Å². The number of rotatable bonds is 1. The summed E-state index contributed by atoms with van der Waals surface area (Å²) in [5.41, 5.74) is 0. The first-order chi connectivity index (χ1) is 5.46. The summed E-state index contributed by atoms with van der Waals surface area (Å²) in [5, 5.41) is 9.29. The molecule has 1 rings (SSSR count). The molecule has 0 aromatic rings. The lowest BCUT2D eigenvalue weighted by Crippen LogP contribution is -2.32. The smallest absolute Gasteiger partial charge is 0.165 e. The number of hydrogen-bond acceptors (Lipinski definition) is 3. The summed E-state index contributed by atoms with van der Waals surface area (Å²) in [6.45, 7) is 5.19. The van der Waals surface area contributed by atoms with E-state index in [1.165, 1.54) is 0 Å². The highest BCUT2D eigenvalue weighted by Gasteiger charge is 2.42. The minimum absolute atomic E-state index is 0.412. The highest BCUT2D eigenvalue weighted by Crippen LogP contribution is 2.29. The van der Waals surface area contributed by atoms with Gasteiger partial charge in [0.05, 0.1) is 6.10 Å². The van der Waals surface area contributed by atoms with Crippen LogP contribution in [0.1, 0.15) is 20.8 Å². The number of terminal acetylenes is 1. The first kappa shape index (κ1) is 9.53. The molecule has 0 spiro atoms. The second-order valence-electron chi connectivity index (χ2n) is 3.43. The summed E-state index contributed by atoms with van der Waals surface area (Å²) in [7, 11) is 0. The fraction of sp³-hybridized carbons (Fsp3) is 0.778. The van der Waals surface area contributed by atoms with E-state index in [9.17, 15) is 5.11 Å². The normalized spacial score (nSPS) is 35.9. The minimum atomic E-state index is -0.682. The Hall–Kier alpha value is -0.560. The molecule has 68 valence electrons. The topological polar surface area (TPSA) is 38.7 Å². The van der Waals surface area contributed by atoms with E-state index in [1.807, 2.05) is 0 Å². The molecule has 1 aliphatic heterocycles. The summed E-state index contributed by atoms with van der Waals surface area (Å²) < 4.78 is 10.8. The minimum Gasteiger partial charge on any atom is -0.391 e. The first-order valence-corrected chi connectivity index (χ1v) is 3.96. The molecular formula is C9H14O3. The molecule has 0 aliphatic carbocycles. The van der Waals surface area contributed by atoms with E-state index in [0.29, 0.717) is 0 Å². The molecule has 1 fully saturated rings. The molecule has 1 saturated heterocycles. The van der Waals surface area contributed by atoms with Gasteiger partial charge < -0.3 is 14.6 Å². The summed E-state index contributed by atoms with van der Waals surface area (Å²) in [6, 6.07) is 0. The number of ether oxygens (including phenoxy) is 2. The van der Waals surface area contributed by atoms with Crippen LogP contribution in [0.5, 0.6) is 0 Å². The van der Waals surface area contributed by atoms with Crippen LogP contribution in [0.3, 0.4) is 0 Å². The molecule has 3 heteroatoms. The maximum Gasteiger partial charge on any atom is 0.165 e. The van der Waals surface area contributed by atoms with Crippen molar-refractivity contribution in [3.05, 3.63) is 0 Å². The van der Waals surface area contributed by atoms with E-state index in [1.54, 1.807) is 20.8 Å². The van der Waals surface area contributed by atoms with Gasteiger partial charge in [0.2, 0.25) is 0 Å². The van der Waals surface area contributed by atoms with Crippen molar-refractivity contribution in [3.8, 4) is 12.3 Å². The Morgan fingerprint density at radius 1 is 1.50 bits per heavy atom. The zero-order valence-electron chi connectivity index (χ0n) is 7.57. The molecule has 0 saturated carbocycles. The molecule has 1 aliphatic rings. The van der Waals surface area contributed by atoms with Crippen LogP contribution >= 0.6 is 0 Å². The highest BCUT2D eigenvalue weighted by atomic mass is 16.8. The second kappa shape index (κ2) is 3.06. The lowest BCUT2D eigenvalue weighted by Gasteiger charge is -2.17. The zero-order valence-corrected chi connectivity index (χ0v) is 7.57. The third kappa shape index (κ3) is 1.78. The van der Waals surface area contributed by atoms with Crippen molar-refractivity contribution in [2.24, 2.45) is 0 Å². The zero-order chi connectivity index (χ0) is 9.35. The quantitative estimate of drug-likeness (QED) is 0.583. The molecule has 0 aromatic carbocycles. The third-order valence-electron chi connectivity index (χ3n) is 1.77. The van der Waals surface area contributed by atoms with E-state index in [-0.39, 0.29) is 0 Å². The van der Waals surface area contributed by atoms with Gasteiger partial charge in [-0.15, -0.1) is 6.42 Å². The van der Waals surface area contributed by atoms with E-state index < -0.39 is 24.1 Å². The number of aliphatic hydroxyl groups excluding tert-OH is 1. The average molecular weight is 170 g/mol. The molecule has 3 atom stereocenters. The molecule has 1 heterocycles. The van der Waals surface area contributed by atoms with Crippen LogP contribution in [0.4, 0.5) is 0 Å². The molecule has 12 heavy (non-hydrogen) atoms. The van der Waals surface area contributed by atoms with Crippen molar-refractivity contribution in [2.75, 3.05) is 0 Å². The van der Waals surface area contributed by atoms with Gasteiger partial charge in [-0.2, -0.15) is 0 Å². The van der Waals surface area contributed by atoms with E-state index in [0.717, 1.165) is 0 Å². The van der Waals surface area contributed by atoms with Crippen molar-refractivity contribution in [1.29, 1.82) is 0 Å². The van der Waals surface area contributed by atoms with Gasteiger partial charge in [-0.25, -0.2) is 0 Å². The molecule has 0 unspecified atom stereocenters. The lowest BCUT2D eigenvalue weighted by atomic mass is 10.1. The van der Waals surface area contributed by atoms with Crippen LogP contribution in [-0.4, -0.2) is 29.2 Å². The molecule has 0 amide bonds. The van der Waals surface area contributed by atoms with Crippen LogP contribution in [0.15, 0.2) is 0 Å². The maximum atomic E-state index is 9.29. The SMILES string of the molecule is C#C[C@@H]1OC(C)(C)O[C@@H]1[C@@H](C)O. The summed E-state index contributed by atoms with van der Waals surface area (Å²) >= 11 is 0. The number of hydrogen-bond donors (Lipinski definition) is 1. The van der Waals surface area contributed by atoms with Crippen molar-refractivity contribution in [3.63, 3.8) is 0 Å². The van der Waals surface area contributed by atoms with Crippen molar-refractivity contribution < 1.29 is 14.6 Å². The van der Waals surface area contributed by atoms with E-state index in [2.05, 4.69) is 5.92 Å². The monoisotopic (exact) mass is 170 g/mol. The van der Waals surface area contributed by atoms with Gasteiger partial charge in [-0.3, -0.25) is 0 Å².